The first kappa shape index (κ1) is 25.6. The second-order valence-electron chi connectivity index (χ2n) is 11.6. The first-order chi connectivity index (χ1) is 22.2. The molecule has 4 aromatic carbocycles. The summed E-state index contributed by atoms with van der Waals surface area (Å²) in [5.41, 5.74) is 10.9. The average Bonchev–Trinajstić information content (AvgIpc) is 3.79. The number of benzene rings is 4. The van der Waals surface area contributed by atoms with E-state index in [-0.39, 0.29) is 0 Å². The molecule has 4 aromatic heterocycles. The summed E-state index contributed by atoms with van der Waals surface area (Å²) >= 11 is 0. The highest BCUT2D eigenvalue weighted by Gasteiger charge is 2.20. The van der Waals surface area contributed by atoms with E-state index in [2.05, 4.69) is 156 Å². The molecule has 0 saturated carbocycles. The minimum absolute atomic E-state index is 0.512. The van der Waals surface area contributed by atoms with Crippen molar-refractivity contribution in [3.8, 4) is 22.9 Å². The van der Waals surface area contributed by atoms with Gasteiger partial charge in [0.2, 0.25) is 24.4 Å². The Morgan fingerprint density at radius 1 is 0.511 bits per heavy atom. The standard InChI is InChI=1S/C37H29N7O/c1-3-10-34-32(8-1)41-20-26-12-16-28(17-13-26)36-39-40-37(45-36)29-18-14-27(15-19-29)21-42-25-44(35-11-4-2-9-33(35)42)23-31-7-5-6-30(38-31)22-43(34)24-41/h1-19,24-25H,20-23H2/q+2. The Labute approximate surface area is 259 Å². The molecule has 216 valence electrons. The van der Waals surface area contributed by atoms with Gasteiger partial charge < -0.3 is 4.42 Å². The van der Waals surface area contributed by atoms with E-state index in [1.807, 2.05) is 0 Å². The SMILES string of the molecule is c1cc2nc(c1)Cn1c[n+](c3ccccc31)Cc1ccc(cc1)-c1nnc(o1)-c1ccc(cc1)C[n+]1cn(c3ccccc31)C2. The van der Waals surface area contributed by atoms with Gasteiger partial charge in [-0.2, -0.15) is 0 Å². The zero-order valence-corrected chi connectivity index (χ0v) is 24.5. The lowest BCUT2D eigenvalue weighted by atomic mass is 10.1. The van der Waals surface area contributed by atoms with Crippen LogP contribution in [0.1, 0.15) is 22.5 Å². The van der Waals surface area contributed by atoms with Crippen LogP contribution in [0.3, 0.4) is 0 Å². The summed E-state index contributed by atoms with van der Waals surface area (Å²) in [5.74, 6) is 1.02. The van der Waals surface area contributed by atoms with Crippen LogP contribution < -0.4 is 9.13 Å². The maximum absolute atomic E-state index is 6.12. The minimum atomic E-state index is 0.512. The number of aromatic nitrogens is 7. The maximum atomic E-state index is 6.12. The van der Waals surface area contributed by atoms with Crippen LogP contribution in [0.2, 0.25) is 0 Å². The van der Waals surface area contributed by atoms with Crippen LogP contribution >= 0.6 is 0 Å². The van der Waals surface area contributed by atoms with Crippen molar-refractivity contribution in [3.63, 3.8) is 0 Å². The van der Waals surface area contributed by atoms with Gasteiger partial charge in [0.05, 0.1) is 11.4 Å². The summed E-state index contributed by atoms with van der Waals surface area (Å²) in [6.45, 7) is 2.84. The smallest absolute Gasteiger partial charge is 0.248 e. The van der Waals surface area contributed by atoms with E-state index in [1.165, 1.54) is 33.2 Å². The van der Waals surface area contributed by atoms with Crippen LogP contribution in [0.15, 0.2) is 132 Å². The number of rotatable bonds is 0. The van der Waals surface area contributed by atoms with E-state index in [0.717, 1.165) is 35.6 Å². The van der Waals surface area contributed by atoms with Crippen LogP contribution in [-0.2, 0) is 26.2 Å². The van der Waals surface area contributed by atoms with E-state index >= 15 is 0 Å². The molecular formula is C37H29N7O+2. The Kier molecular flexibility index (Phi) is 5.90. The van der Waals surface area contributed by atoms with Crippen LogP contribution in [0.4, 0.5) is 0 Å². The summed E-state index contributed by atoms with van der Waals surface area (Å²) in [6.07, 6.45) is 4.39. The first-order valence-electron chi connectivity index (χ1n) is 15.2. The fourth-order valence-corrected chi connectivity index (χ4v) is 6.40. The number of pyridine rings is 1. The van der Waals surface area contributed by atoms with E-state index in [1.54, 1.807) is 0 Å². The normalized spacial score (nSPS) is 13.0. The number of imidazole rings is 2. The monoisotopic (exact) mass is 587 g/mol. The van der Waals surface area contributed by atoms with Crippen molar-refractivity contribution in [3.05, 3.63) is 150 Å². The topological polar surface area (TPSA) is 69.4 Å². The zero-order valence-electron chi connectivity index (χ0n) is 24.5. The molecule has 7 heterocycles. The predicted octanol–water partition coefficient (Wildman–Crippen LogP) is 5.79. The summed E-state index contributed by atoms with van der Waals surface area (Å²) in [7, 11) is 0. The molecule has 0 fully saturated rings. The molecule has 0 spiro atoms. The molecule has 0 amide bonds. The molecule has 0 unspecified atom stereocenters. The third kappa shape index (κ3) is 4.67. The highest BCUT2D eigenvalue weighted by molar-refractivity contribution is 5.72. The van der Waals surface area contributed by atoms with Crippen LogP contribution in [0.25, 0.3) is 45.0 Å². The third-order valence-electron chi connectivity index (χ3n) is 8.62. The fourth-order valence-electron chi connectivity index (χ4n) is 6.40. The number of nitrogens with zero attached hydrogens (tertiary/aromatic N) is 7. The molecule has 8 heteroatoms. The molecule has 8 aromatic rings. The summed E-state index contributed by atoms with van der Waals surface area (Å²) in [4.78, 5) is 5.12. The molecule has 0 atom stereocenters. The van der Waals surface area contributed by atoms with Crippen LogP contribution in [-0.4, -0.2) is 24.3 Å². The van der Waals surface area contributed by atoms with Gasteiger partial charge in [-0.15, -0.1) is 10.2 Å². The first-order valence-corrected chi connectivity index (χ1v) is 15.2. The van der Waals surface area contributed by atoms with Crippen molar-refractivity contribution in [2.45, 2.75) is 26.2 Å². The van der Waals surface area contributed by atoms with Gasteiger partial charge in [-0.05, 0) is 71.8 Å². The fraction of sp³-hybridized carbons (Fsp3) is 0.108. The maximum Gasteiger partial charge on any atom is 0.248 e. The second-order valence-corrected chi connectivity index (χ2v) is 11.6. The lowest BCUT2D eigenvalue weighted by Gasteiger charge is -2.03. The van der Waals surface area contributed by atoms with Crippen molar-refractivity contribution in [2.75, 3.05) is 0 Å². The van der Waals surface area contributed by atoms with Gasteiger partial charge in [0.1, 0.15) is 26.2 Å². The molecule has 0 N–H and O–H groups in total. The number of hydrogen-bond donors (Lipinski definition) is 0. The number of hydrogen-bond acceptors (Lipinski definition) is 4. The summed E-state index contributed by atoms with van der Waals surface area (Å²) in [5, 5.41) is 8.71. The van der Waals surface area contributed by atoms with Gasteiger partial charge in [0.25, 0.3) is 0 Å². The molecule has 45 heavy (non-hydrogen) atoms. The van der Waals surface area contributed by atoms with E-state index in [9.17, 15) is 0 Å². The van der Waals surface area contributed by atoms with Crippen LogP contribution in [0, 0.1) is 0 Å². The Hall–Kier alpha value is -5.89. The Balaban J connectivity index is 1.17. The highest BCUT2D eigenvalue weighted by atomic mass is 16.4. The zero-order chi connectivity index (χ0) is 29.7. The predicted molar refractivity (Wildman–Crippen MR) is 170 cm³/mol. The minimum Gasteiger partial charge on any atom is -0.416 e. The molecular weight excluding hydrogens is 558 g/mol. The van der Waals surface area contributed by atoms with Crippen molar-refractivity contribution < 1.29 is 13.6 Å². The number of fused-ring (bicyclic) bond motifs is 4. The van der Waals surface area contributed by atoms with Gasteiger partial charge in [-0.1, -0.05) is 54.6 Å². The third-order valence-corrected chi connectivity index (χ3v) is 8.62. The van der Waals surface area contributed by atoms with Gasteiger partial charge in [-0.25, -0.2) is 23.3 Å². The van der Waals surface area contributed by atoms with Crippen molar-refractivity contribution in [1.29, 1.82) is 0 Å². The molecule has 0 radical (unpaired) electrons. The molecule has 12 bridgehead atoms. The summed E-state index contributed by atoms with van der Waals surface area (Å²) < 4.78 is 15.3. The quantitative estimate of drug-likeness (QED) is 0.211. The van der Waals surface area contributed by atoms with Gasteiger partial charge in [0.15, 0.2) is 22.1 Å². The lowest BCUT2D eigenvalue weighted by molar-refractivity contribution is -0.663. The Bertz CT molecular complexity index is 2170. The Morgan fingerprint density at radius 3 is 1.47 bits per heavy atom. The van der Waals surface area contributed by atoms with Gasteiger partial charge in [-0.3, -0.25) is 0 Å². The van der Waals surface area contributed by atoms with Crippen LogP contribution in [0.5, 0.6) is 0 Å². The molecule has 3 aliphatic rings. The van der Waals surface area contributed by atoms with E-state index in [0.29, 0.717) is 24.9 Å². The lowest BCUT2D eigenvalue weighted by Crippen LogP contribution is -2.32. The molecule has 0 saturated heterocycles. The van der Waals surface area contributed by atoms with Gasteiger partial charge >= 0.3 is 0 Å². The highest BCUT2D eigenvalue weighted by Crippen LogP contribution is 2.25. The molecule has 3 aliphatic heterocycles. The van der Waals surface area contributed by atoms with Gasteiger partial charge in [0, 0.05) is 11.1 Å². The number of para-hydroxylation sites is 4. The van der Waals surface area contributed by atoms with Crippen molar-refractivity contribution in [2.24, 2.45) is 0 Å². The van der Waals surface area contributed by atoms with Crippen molar-refractivity contribution >= 4 is 22.1 Å². The largest absolute Gasteiger partial charge is 0.416 e. The molecule has 0 aliphatic carbocycles. The van der Waals surface area contributed by atoms with E-state index in [4.69, 9.17) is 9.40 Å². The summed E-state index contributed by atoms with van der Waals surface area (Å²) in [6, 6.07) is 40.2. The molecule has 11 rings (SSSR count). The molecule has 8 nitrogen and oxygen atoms in total. The Morgan fingerprint density at radius 2 is 0.978 bits per heavy atom. The second kappa shape index (κ2) is 10.4. The van der Waals surface area contributed by atoms with E-state index < -0.39 is 0 Å². The average molecular weight is 588 g/mol. The van der Waals surface area contributed by atoms with Crippen molar-refractivity contribution in [1.82, 2.24) is 24.3 Å².